The molecule has 5 atom stereocenters. The molecular weight excluding hydrogens is 420 g/mol. The molecule has 9 heteroatoms. The molecule has 3 aliphatic heterocycles. The summed E-state index contributed by atoms with van der Waals surface area (Å²) in [6.45, 7) is 9.43. The maximum absolute atomic E-state index is 13.0. The fraction of sp³-hybridized carbons (Fsp3) is 0.696. The Labute approximate surface area is 188 Å². The number of benzene rings is 1. The Kier molecular flexibility index (Phi) is 6.26. The molecule has 0 radical (unpaired) electrons. The van der Waals surface area contributed by atoms with Crippen LogP contribution in [-0.4, -0.2) is 68.1 Å². The van der Waals surface area contributed by atoms with Gasteiger partial charge in [-0.2, -0.15) is 0 Å². The van der Waals surface area contributed by atoms with Crippen LogP contribution in [0.5, 0.6) is 5.75 Å². The first-order valence-corrected chi connectivity index (χ1v) is 10.8. The highest BCUT2D eigenvalue weighted by molar-refractivity contribution is 5.74. The van der Waals surface area contributed by atoms with Gasteiger partial charge in [-0.05, 0) is 52.3 Å². The van der Waals surface area contributed by atoms with Crippen LogP contribution >= 0.6 is 0 Å². The Bertz CT molecular complexity index is 819. The largest absolute Gasteiger partial charge is 0.497 e. The lowest BCUT2D eigenvalue weighted by atomic mass is 9.97. The van der Waals surface area contributed by atoms with E-state index in [1.807, 2.05) is 38.1 Å². The summed E-state index contributed by atoms with van der Waals surface area (Å²) in [5.41, 5.74) is 0.909. The van der Waals surface area contributed by atoms with Crippen molar-refractivity contribution in [2.45, 2.75) is 83.0 Å². The number of methoxy groups -OCH3 is 1. The first kappa shape index (κ1) is 23.4. The van der Waals surface area contributed by atoms with Gasteiger partial charge in [0.25, 0.3) is 0 Å². The molecule has 0 bridgehead atoms. The van der Waals surface area contributed by atoms with Gasteiger partial charge in [0.05, 0.1) is 20.3 Å². The van der Waals surface area contributed by atoms with E-state index in [0.29, 0.717) is 0 Å². The van der Waals surface area contributed by atoms with Crippen LogP contribution in [0.15, 0.2) is 24.3 Å². The summed E-state index contributed by atoms with van der Waals surface area (Å²) in [6.07, 6.45) is -2.66. The van der Waals surface area contributed by atoms with Crippen molar-refractivity contribution in [2.24, 2.45) is 0 Å². The zero-order valence-electron chi connectivity index (χ0n) is 19.4. The van der Waals surface area contributed by atoms with Gasteiger partial charge in [0.2, 0.25) is 5.79 Å². The summed E-state index contributed by atoms with van der Waals surface area (Å²) in [5.74, 6) is -2.79. The number of fused-ring (bicyclic) bond motifs is 1. The number of carbonyl (C=O) groups excluding carboxylic acids is 1. The second-order valence-corrected chi connectivity index (χ2v) is 9.21. The van der Waals surface area contributed by atoms with Crippen LogP contribution in [0.1, 0.15) is 40.2 Å². The van der Waals surface area contributed by atoms with Gasteiger partial charge < -0.3 is 37.9 Å². The third-order valence-corrected chi connectivity index (χ3v) is 5.72. The van der Waals surface area contributed by atoms with Crippen molar-refractivity contribution < 1.29 is 42.7 Å². The van der Waals surface area contributed by atoms with Crippen molar-refractivity contribution in [3.05, 3.63) is 29.8 Å². The summed E-state index contributed by atoms with van der Waals surface area (Å²) in [5, 5.41) is 0. The van der Waals surface area contributed by atoms with Gasteiger partial charge in [0.1, 0.15) is 24.6 Å². The van der Waals surface area contributed by atoms with Crippen LogP contribution in [-0.2, 0) is 44.6 Å². The van der Waals surface area contributed by atoms with Crippen molar-refractivity contribution in [3.63, 3.8) is 0 Å². The number of hydrogen-bond donors (Lipinski definition) is 0. The van der Waals surface area contributed by atoms with E-state index in [-0.39, 0.29) is 19.8 Å². The van der Waals surface area contributed by atoms with Crippen LogP contribution in [0.3, 0.4) is 0 Å². The van der Waals surface area contributed by atoms with Crippen LogP contribution < -0.4 is 4.74 Å². The number of hydrogen-bond acceptors (Lipinski definition) is 9. The molecule has 3 unspecified atom stereocenters. The molecule has 3 fully saturated rings. The van der Waals surface area contributed by atoms with E-state index in [9.17, 15) is 4.79 Å². The summed E-state index contributed by atoms with van der Waals surface area (Å²) < 4.78 is 46.7. The Balaban J connectivity index is 1.45. The topological polar surface area (TPSA) is 90.9 Å². The highest BCUT2D eigenvalue weighted by Crippen LogP contribution is 2.45. The van der Waals surface area contributed by atoms with Gasteiger partial charge in [0.15, 0.2) is 23.8 Å². The quantitative estimate of drug-likeness (QED) is 0.604. The predicted octanol–water partition coefficient (Wildman–Crippen LogP) is 2.54. The van der Waals surface area contributed by atoms with Crippen molar-refractivity contribution in [3.8, 4) is 5.75 Å². The van der Waals surface area contributed by atoms with Gasteiger partial charge in [0, 0.05) is 0 Å². The minimum atomic E-state index is -1.28. The van der Waals surface area contributed by atoms with Gasteiger partial charge in [-0.3, -0.25) is 0 Å². The molecule has 0 saturated carbocycles. The summed E-state index contributed by atoms with van der Waals surface area (Å²) in [4.78, 5) is 13.0. The lowest BCUT2D eigenvalue weighted by Crippen LogP contribution is -2.63. The van der Waals surface area contributed by atoms with Crippen molar-refractivity contribution in [1.29, 1.82) is 0 Å². The normalized spacial score (nSPS) is 33.6. The van der Waals surface area contributed by atoms with E-state index in [1.165, 1.54) is 0 Å². The van der Waals surface area contributed by atoms with Crippen LogP contribution in [0, 0.1) is 0 Å². The Morgan fingerprint density at radius 2 is 1.81 bits per heavy atom. The highest BCUT2D eigenvalue weighted by Gasteiger charge is 2.64. The molecule has 4 rings (SSSR count). The summed E-state index contributed by atoms with van der Waals surface area (Å²) >= 11 is 0. The van der Waals surface area contributed by atoms with Gasteiger partial charge in [-0.1, -0.05) is 12.1 Å². The Morgan fingerprint density at radius 1 is 1.09 bits per heavy atom. The minimum absolute atomic E-state index is 0.103. The SMILES string of the molecule is COc1ccc(COC(C)C(=O)OC2[C@@H]3OC(C)(C)O[C@@H]3COC23COC(C)(C)O3)cc1. The Hall–Kier alpha value is -1.75. The van der Waals surface area contributed by atoms with Crippen molar-refractivity contribution >= 4 is 5.97 Å². The molecule has 1 aromatic rings. The zero-order chi connectivity index (χ0) is 23.1. The van der Waals surface area contributed by atoms with Gasteiger partial charge in [-0.15, -0.1) is 0 Å². The van der Waals surface area contributed by atoms with E-state index in [2.05, 4.69) is 0 Å². The first-order valence-electron chi connectivity index (χ1n) is 10.8. The van der Waals surface area contributed by atoms with E-state index in [4.69, 9.17) is 37.9 Å². The second kappa shape index (κ2) is 8.55. The molecule has 3 saturated heterocycles. The maximum Gasteiger partial charge on any atom is 0.335 e. The maximum atomic E-state index is 13.0. The molecule has 9 nitrogen and oxygen atoms in total. The van der Waals surface area contributed by atoms with Crippen LogP contribution in [0.2, 0.25) is 0 Å². The molecule has 3 aliphatic rings. The molecule has 3 heterocycles. The predicted molar refractivity (Wildman–Crippen MR) is 111 cm³/mol. The highest BCUT2D eigenvalue weighted by atomic mass is 16.9. The second-order valence-electron chi connectivity index (χ2n) is 9.21. The molecule has 0 amide bonds. The summed E-state index contributed by atoms with van der Waals surface area (Å²) in [7, 11) is 1.61. The Morgan fingerprint density at radius 3 is 2.44 bits per heavy atom. The van der Waals surface area contributed by atoms with Gasteiger partial charge >= 0.3 is 5.97 Å². The fourth-order valence-corrected chi connectivity index (χ4v) is 4.15. The fourth-order valence-electron chi connectivity index (χ4n) is 4.15. The molecule has 178 valence electrons. The minimum Gasteiger partial charge on any atom is -0.497 e. The molecular formula is C23H32O9. The molecule has 1 aromatic carbocycles. The van der Waals surface area contributed by atoms with Crippen molar-refractivity contribution in [2.75, 3.05) is 20.3 Å². The molecule has 0 N–H and O–H groups in total. The van der Waals surface area contributed by atoms with E-state index >= 15 is 0 Å². The van der Waals surface area contributed by atoms with E-state index in [1.54, 1.807) is 27.9 Å². The van der Waals surface area contributed by atoms with E-state index < -0.39 is 47.7 Å². The lowest BCUT2D eigenvalue weighted by Gasteiger charge is -2.43. The van der Waals surface area contributed by atoms with E-state index in [0.717, 1.165) is 11.3 Å². The van der Waals surface area contributed by atoms with Crippen LogP contribution in [0.25, 0.3) is 0 Å². The third-order valence-electron chi connectivity index (χ3n) is 5.72. The van der Waals surface area contributed by atoms with Gasteiger partial charge in [-0.25, -0.2) is 4.79 Å². The van der Waals surface area contributed by atoms with Crippen LogP contribution in [0.4, 0.5) is 0 Å². The smallest absolute Gasteiger partial charge is 0.335 e. The number of ether oxygens (including phenoxy) is 8. The molecule has 1 spiro atoms. The zero-order valence-corrected chi connectivity index (χ0v) is 19.4. The van der Waals surface area contributed by atoms with Crippen molar-refractivity contribution in [1.82, 2.24) is 0 Å². The number of carbonyl (C=O) groups is 1. The average Bonchev–Trinajstić information content (AvgIpc) is 3.23. The lowest BCUT2D eigenvalue weighted by molar-refractivity contribution is -0.329. The number of rotatable bonds is 6. The molecule has 0 aromatic heterocycles. The average molecular weight is 453 g/mol. The third kappa shape index (κ3) is 4.78. The molecule has 0 aliphatic carbocycles. The summed E-state index contributed by atoms with van der Waals surface area (Å²) in [6, 6.07) is 7.43. The monoisotopic (exact) mass is 452 g/mol. The standard InChI is InChI=1S/C23H32O9/c1-14(26-11-15-7-9-16(25-6)10-8-15)20(24)29-19-18-17(30-22(4,5)31-18)12-27-23(19)13-28-21(2,3)32-23/h7-10,14,17-19H,11-13H2,1-6H3/t14?,17-,18-,19?,23?/m1/s1. The number of esters is 1. The first-order chi connectivity index (χ1) is 15.0. The molecule has 32 heavy (non-hydrogen) atoms.